The second-order valence-corrected chi connectivity index (χ2v) is 8.19. The number of ether oxygens (including phenoxy) is 2. The second-order valence-electron chi connectivity index (χ2n) is 8.19. The normalized spacial score (nSPS) is 41.2. The number of hydrogen-bond acceptors (Lipinski definition) is 5. The molecule has 0 amide bonds. The second kappa shape index (κ2) is 5.48. The Labute approximate surface area is 147 Å². The van der Waals surface area contributed by atoms with E-state index in [4.69, 9.17) is 13.9 Å². The highest BCUT2D eigenvalue weighted by atomic mass is 16.5. The van der Waals surface area contributed by atoms with Gasteiger partial charge in [0, 0.05) is 23.0 Å². The van der Waals surface area contributed by atoms with E-state index in [1.165, 1.54) is 0 Å². The Bertz CT molecular complexity index is 720. The Kier molecular flexibility index (Phi) is 3.60. The van der Waals surface area contributed by atoms with Gasteiger partial charge in [0.25, 0.3) is 0 Å². The maximum Gasteiger partial charge on any atom is 0.334 e. The average Bonchev–Trinajstić information content (AvgIpc) is 3.20. The van der Waals surface area contributed by atoms with Crippen molar-refractivity contribution in [2.45, 2.75) is 45.6 Å². The fourth-order valence-corrected chi connectivity index (χ4v) is 5.35. The summed E-state index contributed by atoms with van der Waals surface area (Å²) in [6, 6.07) is 1.83. The van der Waals surface area contributed by atoms with Crippen molar-refractivity contribution >= 4 is 11.9 Å². The van der Waals surface area contributed by atoms with Crippen LogP contribution < -0.4 is 0 Å². The summed E-state index contributed by atoms with van der Waals surface area (Å²) in [5.41, 5.74) is 0.717. The molecule has 0 bridgehead atoms. The van der Waals surface area contributed by atoms with Gasteiger partial charge in [-0.15, -0.1) is 0 Å². The molecular weight excluding hydrogens is 320 g/mol. The van der Waals surface area contributed by atoms with E-state index >= 15 is 0 Å². The van der Waals surface area contributed by atoms with Gasteiger partial charge in [0.2, 0.25) is 0 Å². The van der Waals surface area contributed by atoms with Crippen LogP contribution in [-0.4, -0.2) is 18.5 Å². The SMILES string of the molecule is C=C1C(=O)O[C@H](c2ccoc2)CC1[C@@]1(C)CCCC2(C)C(=O)OCC21. The van der Waals surface area contributed by atoms with Crippen LogP contribution in [0.2, 0.25) is 0 Å². The predicted molar refractivity (Wildman–Crippen MR) is 89.3 cm³/mol. The van der Waals surface area contributed by atoms with Crippen molar-refractivity contribution in [3.05, 3.63) is 36.3 Å². The highest BCUT2D eigenvalue weighted by Gasteiger charge is 2.61. The number of hydrogen-bond donors (Lipinski definition) is 0. The Balaban J connectivity index is 1.69. The first-order valence-corrected chi connectivity index (χ1v) is 8.95. The summed E-state index contributed by atoms with van der Waals surface area (Å²) in [5.74, 6) is -0.383. The van der Waals surface area contributed by atoms with E-state index in [0.717, 1.165) is 24.8 Å². The third kappa shape index (κ3) is 2.28. The molecule has 5 atom stereocenters. The Morgan fingerprint density at radius 1 is 1.24 bits per heavy atom. The first-order valence-electron chi connectivity index (χ1n) is 8.95. The van der Waals surface area contributed by atoms with Crippen LogP contribution >= 0.6 is 0 Å². The summed E-state index contributed by atoms with van der Waals surface area (Å²) >= 11 is 0. The van der Waals surface area contributed by atoms with Crippen molar-refractivity contribution in [2.24, 2.45) is 22.7 Å². The summed E-state index contributed by atoms with van der Waals surface area (Å²) in [6.07, 6.45) is 6.31. The minimum Gasteiger partial charge on any atom is -0.472 e. The maximum atomic E-state index is 12.5. The number of rotatable bonds is 2. The molecule has 1 aliphatic carbocycles. The minimum absolute atomic E-state index is 0.0345. The van der Waals surface area contributed by atoms with E-state index in [9.17, 15) is 9.59 Å². The number of furan rings is 1. The van der Waals surface area contributed by atoms with Crippen LogP contribution in [0.4, 0.5) is 0 Å². The maximum absolute atomic E-state index is 12.5. The van der Waals surface area contributed by atoms with Crippen LogP contribution in [0.15, 0.2) is 35.2 Å². The van der Waals surface area contributed by atoms with Gasteiger partial charge in [-0.3, -0.25) is 4.79 Å². The fraction of sp³-hybridized carbons (Fsp3) is 0.600. The van der Waals surface area contributed by atoms with Crippen molar-refractivity contribution in [1.29, 1.82) is 0 Å². The lowest BCUT2D eigenvalue weighted by atomic mass is 9.51. The van der Waals surface area contributed by atoms with Crippen molar-refractivity contribution in [1.82, 2.24) is 0 Å². The molecule has 2 aliphatic heterocycles. The van der Waals surface area contributed by atoms with E-state index in [2.05, 4.69) is 13.5 Å². The largest absolute Gasteiger partial charge is 0.472 e. The molecular formula is C20H24O5. The van der Waals surface area contributed by atoms with Crippen molar-refractivity contribution in [3.63, 3.8) is 0 Å². The van der Waals surface area contributed by atoms with E-state index in [1.807, 2.05) is 13.0 Å². The summed E-state index contributed by atoms with van der Waals surface area (Å²) < 4.78 is 16.2. The molecule has 0 spiro atoms. The molecule has 1 aromatic rings. The van der Waals surface area contributed by atoms with Crippen LogP contribution in [0.1, 0.15) is 51.2 Å². The quantitative estimate of drug-likeness (QED) is 0.603. The van der Waals surface area contributed by atoms with E-state index in [0.29, 0.717) is 18.6 Å². The molecule has 0 aromatic carbocycles. The van der Waals surface area contributed by atoms with Gasteiger partial charge in [-0.25, -0.2) is 4.79 Å². The van der Waals surface area contributed by atoms with E-state index in [-0.39, 0.29) is 35.3 Å². The van der Waals surface area contributed by atoms with Crippen LogP contribution in [-0.2, 0) is 19.1 Å². The Morgan fingerprint density at radius 3 is 2.76 bits per heavy atom. The van der Waals surface area contributed by atoms with Gasteiger partial charge in [0.15, 0.2) is 0 Å². The summed E-state index contributed by atoms with van der Waals surface area (Å²) in [4.78, 5) is 24.8. The van der Waals surface area contributed by atoms with Gasteiger partial charge in [-0.1, -0.05) is 19.9 Å². The molecule has 3 unspecified atom stereocenters. The third-order valence-electron chi connectivity index (χ3n) is 6.92. The van der Waals surface area contributed by atoms with Gasteiger partial charge in [-0.05, 0) is 37.7 Å². The van der Waals surface area contributed by atoms with Crippen molar-refractivity contribution in [2.75, 3.05) is 6.61 Å². The van der Waals surface area contributed by atoms with Gasteiger partial charge in [0.05, 0.1) is 24.5 Å². The summed E-state index contributed by atoms with van der Waals surface area (Å²) in [7, 11) is 0. The average molecular weight is 344 g/mol. The third-order valence-corrected chi connectivity index (χ3v) is 6.92. The molecule has 3 fully saturated rings. The molecule has 5 nitrogen and oxygen atoms in total. The molecule has 3 aliphatic rings. The van der Waals surface area contributed by atoms with E-state index in [1.54, 1.807) is 12.5 Å². The lowest BCUT2D eigenvalue weighted by Crippen LogP contribution is -2.50. The number of carbonyl (C=O) groups excluding carboxylic acids is 2. The highest BCUT2D eigenvalue weighted by Crippen LogP contribution is 2.61. The topological polar surface area (TPSA) is 65.7 Å². The number of fused-ring (bicyclic) bond motifs is 1. The zero-order valence-electron chi connectivity index (χ0n) is 14.7. The molecule has 3 heterocycles. The standard InChI is InChI=1S/C20H24O5/c1-12-14(9-15(25-17(12)21)13-5-8-23-10-13)19(2)6-4-7-20(3)16(19)11-24-18(20)22/h5,8,10,14-16H,1,4,6-7,9,11H2,2-3H3/t14?,15-,16?,19+,20?/m0/s1. The molecule has 0 radical (unpaired) electrons. The monoisotopic (exact) mass is 344 g/mol. The Hall–Kier alpha value is -2.04. The van der Waals surface area contributed by atoms with Crippen LogP contribution in [0.5, 0.6) is 0 Å². The zero-order chi connectivity index (χ0) is 17.8. The van der Waals surface area contributed by atoms with Gasteiger partial charge < -0.3 is 13.9 Å². The summed E-state index contributed by atoms with van der Waals surface area (Å²) in [6.45, 7) is 8.68. The van der Waals surface area contributed by atoms with Crippen LogP contribution in [0.25, 0.3) is 0 Å². The lowest BCUT2D eigenvalue weighted by molar-refractivity contribution is -0.155. The van der Waals surface area contributed by atoms with E-state index < -0.39 is 5.41 Å². The molecule has 4 rings (SSSR count). The lowest BCUT2D eigenvalue weighted by Gasteiger charge is -2.52. The molecule has 0 N–H and O–H groups in total. The van der Waals surface area contributed by atoms with Gasteiger partial charge >= 0.3 is 11.9 Å². The predicted octanol–water partition coefficient (Wildman–Crippen LogP) is 3.81. The van der Waals surface area contributed by atoms with Crippen molar-refractivity contribution < 1.29 is 23.5 Å². The molecule has 5 heteroatoms. The molecule has 25 heavy (non-hydrogen) atoms. The Morgan fingerprint density at radius 2 is 2.04 bits per heavy atom. The van der Waals surface area contributed by atoms with Crippen molar-refractivity contribution in [3.8, 4) is 0 Å². The number of carbonyl (C=O) groups is 2. The highest BCUT2D eigenvalue weighted by molar-refractivity contribution is 5.89. The van der Waals surface area contributed by atoms with Crippen LogP contribution in [0.3, 0.4) is 0 Å². The number of esters is 2. The molecule has 1 saturated carbocycles. The summed E-state index contributed by atoms with van der Waals surface area (Å²) in [5, 5.41) is 0. The van der Waals surface area contributed by atoms with Crippen LogP contribution in [0, 0.1) is 22.7 Å². The first-order chi connectivity index (χ1) is 11.9. The van der Waals surface area contributed by atoms with Gasteiger partial charge in [-0.2, -0.15) is 0 Å². The van der Waals surface area contributed by atoms with Gasteiger partial charge in [0.1, 0.15) is 6.10 Å². The molecule has 134 valence electrons. The molecule has 1 aromatic heterocycles. The minimum atomic E-state index is -0.459. The fourth-order valence-electron chi connectivity index (χ4n) is 5.35. The zero-order valence-corrected chi connectivity index (χ0v) is 14.7. The number of cyclic esters (lactones) is 2. The first kappa shape index (κ1) is 16.4. The smallest absolute Gasteiger partial charge is 0.334 e. The molecule has 2 saturated heterocycles.